The summed E-state index contributed by atoms with van der Waals surface area (Å²) in [6.45, 7) is 0.126. The number of nitrogens with one attached hydrogen (secondary N) is 1. The number of carbonyl (C=O) groups excluding carboxylic acids is 2. The number of halogens is 1. The predicted molar refractivity (Wildman–Crippen MR) is 90.7 cm³/mol. The Labute approximate surface area is 145 Å². The van der Waals surface area contributed by atoms with Gasteiger partial charge in [0.25, 0.3) is 0 Å². The zero-order valence-electron chi connectivity index (χ0n) is 13.2. The number of rotatable bonds is 6. The normalized spacial score (nSPS) is 11.4. The molecule has 1 amide bonds. The van der Waals surface area contributed by atoms with Crippen LogP contribution in [0.3, 0.4) is 0 Å². The predicted octanol–water partition coefficient (Wildman–Crippen LogP) is 3.35. The molecule has 2 aromatic rings. The summed E-state index contributed by atoms with van der Waals surface area (Å²) < 4.78 is 9.87. The van der Waals surface area contributed by atoms with Crippen molar-refractivity contribution in [3.63, 3.8) is 0 Å². The summed E-state index contributed by atoms with van der Waals surface area (Å²) in [5.41, 5.74) is 1.71. The summed E-state index contributed by atoms with van der Waals surface area (Å²) >= 11 is 5.84. The van der Waals surface area contributed by atoms with Crippen LogP contribution in [0.25, 0.3) is 0 Å². The van der Waals surface area contributed by atoms with Crippen molar-refractivity contribution in [1.29, 1.82) is 0 Å². The van der Waals surface area contributed by atoms with E-state index >= 15 is 0 Å². The first-order valence-electron chi connectivity index (χ1n) is 7.38. The molecule has 0 saturated carbocycles. The molecule has 1 atom stereocenters. The molecular weight excluding hydrogens is 330 g/mol. The molecule has 0 fully saturated rings. The van der Waals surface area contributed by atoms with Crippen molar-refractivity contribution < 1.29 is 19.1 Å². The molecule has 1 unspecified atom stereocenters. The minimum Gasteiger partial charge on any atom is -0.467 e. The van der Waals surface area contributed by atoms with E-state index in [2.05, 4.69) is 5.32 Å². The van der Waals surface area contributed by atoms with Gasteiger partial charge in [-0.1, -0.05) is 54.1 Å². The first-order valence-corrected chi connectivity index (χ1v) is 7.76. The summed E-state index contributed by atoms with van der Waals surface area (Å²) in [5.74, 6) is -0.540. The Morgan fingerprint density at radius 1 is 1.04 bits per heavy atom. The van der Waals surface area contributed by atoms with E-state index in [0.29, 0.717) is 5.02 Å². The average molecular weight is 348 g/mol. The van der Waals surface area contributed by atoms with E-state index in [9.17, 15) is 9.59 Å². The highest BCUT2D eigenvalue weighted by atomic mass is 35.5. The van der Waals surface area contributed by atoms with Gasteiger partial charge in [-0.15, -0.1) is 0 Å². The van der Waals surface area contributed by atoms with Gasteiger partial charge in [-0.05, 0) is 23.3 Å². The summed E-state index contributed by atoms with van der Waals surface area (Å²) in [6, 6.07) is 15.5. The SMILES string of the molecule is COC(=O)C(Cc1ccc(Cl)cc1)NC(=O)OCc1ccccc1. The van der Waals surface area contributed by atoms with E-state index in [1.807, 2.05) is 30.3 Å². The number of amides is 1. The Morgan fingerprint density at radius 2 is 1.71 bits per heavy atom. The molecular formula is C18H18ClNO4. The van der Waals surface area contributed by atoms with Crippen molar-refractivity contribution in [2.45, 2.75) is 19.1 Å². The second-order valence-electron chi connectivity index (χ2n) is 5.11. The molecule has 0 aliphatic rings. The second-order valence-corrected chi connectivity index (χ2v) is 5.55. The number of hydrogen-bond donors (Lipinski definition) is 1. The number of carbonyl (C=O) groups is 2. The van der Waals surface area contributed by atoms with Crippen LogP contribution < -0.4 is 5.32 Å². The molecule has 0 aliphatic carbocycles. The molecule has 0 bridgehead atoms. The molecule has 0 aromatic heterocycles. The molecule has 1 N–H and O–H groups in total. The van der Waals surface area contributed by atoms with Crippen molar-refractivity contribution in [3.05, 3.63) is 70.7 Å². The van der Waals surface area contributed by atoms with Crippen LogP contribution >= 0.6 is 11.6 Å². The summed E-state index contributed by atoms with van der Waals surface area (Å²) in [7, 11) is 1.27. The lowest BCUT2D eigenvalue weighted by molar-refractivity contribution is -0.143. The standard InChI is InChI=1S/C18H18ClNO4/c1-23-17(21)16(11-13-7-9-15(19)10-8-13)20-18(22)24-12-14-5-3-2-4-6-14/h2-10,16H,11-12H2,1H3,(H,20,22). The van der Waals surface area contributed by atoms with Crippen LogP contribution in [0.1, 0.15) is 11.1 Å². The van der Waals surface area contributed by atoms with Crippen molar-refractivity contribution in [1.82, 2.24) is 5.32 Å². The van der Waals surface area contributed by atoms with Crippen LogP contribution in [0.5, 0.6) is 0 Å². The van der Waals surface area contributed by atoms with Gasteiger partial charge in [0.15, 0.2) is 0 Å². The van der Waals surface area contributed by atoms with Gasteiger partial charge in [-0.3, -0.25) is 0 Å². The van der Waals surface area contributed by atoms with Crippen LogP contribution in [-0.4, -0.2) is 25.2 Å². The number of esters is 1. The molecule has 24 heavy (non-hydrogen) atoms. The van der Waals surface area contributed by atoms with Gasteiger partial charge >= 0.3 is 12.1 Å². The Hall–Kier alpha value is -2.53. The average Bonchev–Trinajstić information content (AvgIpc) is 2.61. The van der Waals surface area contributed by atoms with Crippen LogP contribution in [0.2, 0.25) is 5.02 Å². The van der Waals surface area contributed by atoms with Gasteiger partial charge < -0.3 is 14.8 Å². The van der Waals surface area contributed by atoms with Crippen LogP contribution in [-0.2, 0) is 27.3 Å². The van der Waals surface area contributed by atoms with Crippen LogP contribution in [0.15, 0.2) is 54.6 Å². The van der Waals surface area contributed by atoms with Crippen LogP contribution in [0, 0.1) is 0 Å². The zero-order valence-corrected chi connectivity index (χ0v) is 14.0. The van der Waals surface area contributed by atoms with E-state index in [-0.39, 0.29) is 13.0 Å². The molecule has 0 radical (unpaired) electrons. The van der Waals surface area contributed by atoms with E-state index < -0.39 is 18.1 Å². The van der Waals surface area contributed by atoms with Crippen molar-refractivity contribution in [2.24, 2.45) is 0 Å². The van der Waals surface area contributed by atoms with Gasteiger partial charge in [-0.2, -0.15) is 0 Å². The van der Waals surface area contributed by atoms with Crippen molar-refractivity contribution >= 4 is 23.7 Å². The van der Waals surface area contributed by atoms with Gasteiger partial charge in [0, 0.05) is 11.4 Å². The third-order valence-corrected chi connectivity index (χ3v) is 3.60. The first kappa shape index (κ1) is 17.8. The molecule has 6 heteroatoms. The molecule has 0 spiro atoms. The fraction of sp³-hybridized carbons (Fsp3) is 0.222. The van der Waals surface area contributed by atoms with E-state index in [0.717, 1.165) is 11.1 Å². The zero-order chi connectivity index (χ0) is 17.4. The maximum absolute atomic E-state index is 11.9. The maximum atomic E-state index is 11.9. The smallest absolute Gasteiger partial charge is 0.408 e. The Morgan fingerprint density at radius 3 is 2.33 bits per heavy atom. The fourth-order valence-corrected chi connectivity index (χ4v) is 2.22. The van der Waals surface area contributed by atoms with E-state index in [1.165, 1.54) is 7.11 Å². The summed E-state index contributed by atoms with van der Waals surface area (Å²) in [5, 5.41) is 3.13. The monoisotopic (exact) mass is 347 g/mol. The second kappa shape index (κ2) is 8.93. The molecule has 5 nitrogen and oxygen atoms in total. The third kappa shape index (κ3) is 5.59. The first-order chi connectivity index (χ1) is 11.6. The largest absolute Gasteiger partial charge is 0.467 e. The topological polar surface area (TPSA) is 64.6 Å². The molecule has 0 aliphatic heterocycles. The lowest BCUT2D eigenvalue weighted by atomic mass is 10.1. The minimum atomic E-state index is -0.834. The Kier molecular flexibility index (Phi) is 6.63. The highest BCUT2D eigenvalue weighted by molar-refractivity contribution is 6.30. The molecule has 0 heterocycles. The van der Waals surface area contributed by atoms with Gasteiger partial charge in [0.1, 0.15) is 12.6 Å². The number of alkyl carbamates (subject to hydrolysis) is 1. The molecule has 2 rings (SSSR count). The molecule has 2 aromatic carbocycles. The minimum absolute atomic E-state index is 0.126. The Balaban J connectivity index is 1.93. The summed E-state index contributed by atoms with van der Waals surface area (Å²) in [6.07, 6.45) is -0.396. The number of methoxy groups -OCH3 is 1. The highest BCUT2D eigenvalue weighted by Gasteiger charge is 2.22. The van der Waals surface area contributed by atoms with Gasteiger partial charge in [-0.25, -0.2) is 9.59 Å². The van der Waals surface area contributed by atoms with E-state index in [1.54, 1.807) is 24.3 Å². The Bertz CT molecular complexity index is 673. The number of benzene rings is 2. The fourth-order valence-electron chi connectivity index (χ4n) is 2.10. The van der Waals surface area contributed by atoms with Gasteiger partial charge in [0.2, 0.25) is 0 Å². The maximum Gasteiger partial charge on any atom is 0.408 e. The van der Waals surface area contributed by atoms with Gasteiger partial charge in [0.05, 0.1) is 7.11 Å². The molecule has 126 valence electrons. The lowest BCUT2D eigenvalue weighted by Gasteiger charge is -2.16. The summed E-state index contributed by atoms with van der Waals surface area (Å²) in [4.78, 5) is 23.8. The lowest BCUT2D eigenvalue weighted by Crippen LogP contribution is -2.43. The highest BCUT2D eigenvalue weighted by Crippen LogP contribution is 2.12. The third-order valence-electron chi connectivity index (χ3n) is 3.34. The number of hydrogen-bond acceptors (Lipinski definition) is 4. The quantitative estimate of drug-likeness (QED) is 0.814. The van der Waals surface area contributed by atoms with Crippen molar-refractivity contribution in [2.75, 3.05) is 7.11 Å². The van der Waals surface area contributed by atoms with Crippen LogP contribution in [0.4, 0.5) is 4.79 Å². The van der Waals surface area contributed by atoms with Crippen molar-refractivity contribution in [3.8, 4) is 0 Å². The number of ether oxygens (including phenoxy) is 2. The van der Waals surface area contributed by atoms with E-state index in [4.69, 9.17) is 21.1 Å². The molecule has 0 saturated heterocycles.